The molecule has 11 rings (SSSR count). The molecule has 0 fully saturated rings. The van der Waals surface area contributed by atoms with Crippen molar-refractivity contribution >= 4 is 149 Å². The minimum absolute atomic E-state index is 0.00211. The second-order valence-corrected chi connectivity index (χ2v) is 28.3. The van der Waals surface area contributed by atoms with Gasteiger partial charge in [0.25, 0.3) is 23.6 Å². The summed E-state index contributed by atoms with van der Waals surface area (Å²) in [4.78, 5) is 152. The van der Waals surface area contributed by atoms with Gasteiger partial charge >= 0.3 is 23.9 Å². The van der Waals surface area contributed by atoms with Gasteiger partial charge in [-0.3, -0.25) is 38.6 Å². The Morgan fingerprint density at radius 2 is 0.546 bits per heavy atom. The maximum absolute atomic E-state index is 16.4. The molecule has 0 radical (unpaired) electrons. The second kappa shape index (κ2) is 32.4. The van der Waals surface area contributed by atoms with Crippen molar-refractivity contribution in [3.8, 4) is 46.0 Å². The van der Waals surface area contributed by atoms with Gasteiger partial charge in [-0.05, 0) is 161 Å². The predicted molar refractivity (Wildman–Crippen MR) is 408 cm³/mol. The molecule has 0 saturated carbocycles. The number of esters is 4. The monoisotopic (exact) mass is 1540 g/mol. The third kappa shape index (κ3) is 15.9. The third-order valence-electron chi connectivity index (χ3n) is 17.8. The zero-order valence-electron chi connectivity index (χ0n) is 60.0. The highest BCUT2D eigenvalue weighted by Crippen LogP contribution is 2.58. The zero-order valence-corrected chi connectivity index (χ0v) is 63.0. The van der Waals surface area contributed by atoms with E-state index < -0.39 is 83.2 Å². The molecule has 6 amide bonds. The number of nitrogens with zero attached hydrogens (tertiary/aromatic N) is 4. The smallest absolute Gasteiger partial charge is 0.333 e. The molecule has 0 bridgehead atoms. The predicted octanol–water partition coefficient (Wildman–Crippen LogP) is 16.9. The Labute approximate surface area is 640 Å². The third-order valence-corrected chi connectivity index (χ3v) is 18.9. The van der Waals surface area contributed by atoms with Crippen LogP contribution in [0.25, 0.3) is 43.1 Å². The molecule has 9 aromatic rings. The van der Waals surface area contributed by atoms with Crippen LogP contribution in [0, 0.1) is 11.8 Å². The SMILES string of the molecule is C=C(C)C(=O)OCCN(CCOC(=O)C(=C)C)C(=O)C(C(C)C)N1C(=O)c2cc(Oc3ccc(Cl)cc3)c3c4c(Oc5ccc(Cl)cc5)cc5c6c(cc(Oc7ccc(Cl)cc7)c(c7c(Oc8ccc(Cl)cc8)cc(c2c37)C1=O)c64)C(=O)N(C(C(=O)N(CCOC(=O)C(=C)C)CCOC(=O)C(=C)C)C(C)C)C5=O. The van der Waals surface area contributed by atoms with Gasteiger partial charge in [-0.15, -0.1) is 0 Å². The molecule has 22 nitrogen and oxygen atoms in total. The summed E-state index contributed by atoms with van der Waals surface area (Å²) < 4.78 is 50.0. The van der Waals surface area contributed by atoms with Crippen LogP contribution in [0.5, 0.6) is 46.0 Å². The summed E-state index contributed by atoms with van der Waals surface area (Å²) >= 11 is 26.1. The summed E-state index contributed by atoms with van der Waals surface area (Å²) in [7, 11) is 0. The summed E-state index contributed by atoms with van der Waals surface area (Å²) in [5.74, 6) is -10.1. The van der Waals surface area contributed by atoms with Gasteiger partial charge in [0.15, 0.2) is 0 Å². The lowest BCUT2D eigenvalue weighted by Gasteiger charge is -2.39. The number of amides is 6. The van der Waals surface area contributed by atoms with Crippen molar-refractivity contribution in [3.05, 3.63) is 212 Å². The van der Waals surface area contributed by atoms with E-state index in [0.29, 0.717) is 20.1 Å². The maximum atomic E-state index is 16.4. The molecular formula is C82H72Cl4N4O18. The second-order valence-electron chi connectivity index (χ2n) is 26.6. The lowest BCUT2D eigenvalue weighted by atomic mass is 9.80. The molecule has 0 aromatic heterocycles. The van der Waals surface area contributed by atoms with Crippen molar-refractivity contribution in [1.82, 2.24) is 19.6 Å². The van der Waals surface area contributed by atoms with E-state index in [1.807, 2.05) is 0 Å². The largest absolute Gasteiger partial charge is 0.460 e. The molecule has 2 aliphatic rings. The molecule has 2 unspecified atom stereocenters. The number of hydrogen-bond donors (Lipinski definition) is 0. The summed E-state index contributed by atoms with van der Waals surface area (Å²) in [6.45, 7) is 24.2. The number of halogens is 4. The Bertz CT molecular complexity index is 4640. The van der Waals surface area contributed by atoms with Crippen molar-refractivity contribution in [2.24, 2.45) is 11.8 Å². The standard InChI is InChI=1S/C82H72Cl4N4O18/c1-41(2)71(77(95)87(29-33-101-79(97)43(5)6)30-34-102-80(98)44(7)8)89-73(91)55-37-59(105-51-21-13-47(83)14-22-51)65-67-61(107-53-25-17-49(85)18-26-53)39-57-64-58(76(94)90(75(57)93)72(42(3)4)78(96)88(31-35-103-81(99)45(9)10)32-36-104-82(100)46(11)12)40-62(108-54-27-19-50(86)20-28-54)68(70(64)67)66-60(106-52-23-15-48(84)16-24-52)38-56(74(89)92)63(55)69(65)66/h13-28,37-42,71-72H,5,7,9,11,29-36H2,1-4,6,8,10,12H3. The zero-order chi connectivity index (χ0) is 78.0. The molecule has 108 heavy (non-hydrogen) atoms. The molecule has 0 saturated heterocycles. The van der Waals surface area contributed by atoms with Gasteiger partial charge in [-0.2, -0.15) is 0 Å². The van der Waals surface area contributed by atoms with Gasteiger partial charge < -0.3 is 47.7 Å². The normalized spacial score (nSPS) is 13.1. The van der Waals surface area contributed by atoms with E-state index >= 15 is 28.8 Å². The molecule has 0 N–H and O–H groups in total. The van der Waals surface area contributed by atoms with Crippen molar-refractivity contribution in [1.29, 1.82) is 0 Å². The molecule has 0 spiro atoms. The minimum atomic E-state index is -1.63. The van der Waals surface area contributed by atoms with E-state index in [2.05, 4.69) is 26.3 Å². The maximum Gasteiger partial charge on any atom is 0.333 e. The van der Waals surface area contributed by atoms with Crippen LogP contribution < -0.4 is 18.9 Å². The molecule has 556 valence electrons. The lowest BCUT2D eigenvalue weighted by molar-refractivity contribution is -0.146. The van der Waals surface area contributed by atoms with E-state index in [0.717, 1.165) is 9.80 Å². The average Bonchev–Trinajstić information content (AvgIpc) is 0.670. The highest BCUT2D eigenvalue weighted by molar-refractivity contribution is 6.45. The molecule has 2 heterocycles. The lowest BCUT2D eigenvalue weighted by Crippen LogP contribution is -2.57. The quantitative estimate of drug-likeness (QED) is 0.0101. The van der Waals surface area contributed by atoms with Crippen LogP contribution in [0.1, 0.15) is 96.8 Å². The minimum Gasteiger partial charge on any atom is -0.460 e. The number of fused-ring (bicyclic) bond motifs is 2. The Hall–Kier alpha value is -11.3. The first-order valence-electron chi connectivity index (χ1n) is 34.1. The molecule has 2 aliphatic heterocycles. The number of hydrogen-bond acceptors (Lipinski definition) is 18. The van der Waals surface area contributed by atoms with Crippen molar-refractivity contribution in [2.45, 2.75) is 67.5 Å². The number of imide groups is 2. The van der Waals surface area contributed by atoms with Gasteiger partial charge in [-0.25, -0.2) is 19.2 Å². The number of benzene rings is 9. The fraction of sp³-hybridized carbons (Fsp3) is 0.244. The fourth-order valence-electron chi connectivity index (χ4n) is 12.8. The highest BCUT2D eigenvalue weighted by Gasteiger charge is 2.48. The first kappa shape index (κ1) is 77.8. The van der Waals surface area contributed by atoms with Gasteiger partial charge in [-0.1, -0.05) is 100 Å². The summed E-state index contributed by atoms with van der Waals surface area (Å²) in [5, 5.41) is 1.86. The first-order valence-corrected chi connectivity index (χ1v) is 35.6. The average molecular weight is 1540 g/mol. The van der Waals surface area contributed by atoms with Gasteiger partial charge in [0.1, 0.15) is 84.5 Å². The summed E-state index contributed by atoms with van der Waals surface area (Å²) in [6.07, 6.45) is 0. The van der Waals surface area contributed by atoms with Gasteiger partial charge in [0.2, 0.25) is 11.8 Å². The molecule has 9 aromatic carbocycles. The van der Waals surface area contributed by atoms with Gasteiger partial charge in [0, 0.05) is 85.5 Å². The number of ether oxygens (including phenoxy) is 8. The Morgan fingerprint density at radius 1 is 0.343 bits per heavy atom. The van der Waals surface area contributed by atoms with Crippen LogP contribution in [-0.2, 0) is 47.7 Å². The van der Waals surface area contributed by atoms with E-state index in [4.69, 9.17) is 84.3 Å². The number of carbonyl (C=O) groups is 10. The number of carbonyl (C=O) groups excluding carboxylic acids is 10. The van der Waals surface area contributed by atoms with Crippen molar-refractivity contribution in [3.63, 3.8) is 0 Å². The Balaban J connectivity index is 1.25. The first-order chi connectivity index (χ1) is 51.3. The fourth-order valence-corrected chi connectivity index (χ4v) is 13.3. The molecule has 0 aliphatic carbocycles. The molecular weight excluding hydrogens is 1470 g/mol. The topological polar surface area (TPSA) is 258 Å². The van der Waals surface area contributed by atoms with Gasteiger partial charge in [0.05, 0.1) is 48.4 Å². The summed E-state index contributed by atoms with van der Waals surface area (Å²) in [5.41, 5.74) is -0.415. The van der Waals surface area contributed by atoms with Crippen LogP contribution in [0.2, 0.25) is 20.1 Å². The van der Waals surface area contributed by atoms with E-state index in [1.165, 1.54) is 61.8 Å². The van der Waals surface area contributed by atoms with E-state index in [1.54, 1.807) is 125 Å². The molecule has 2 atom stereocenters. The van der Waals surface area contributed by atoms with E-state index in [9.17, 15) is 19.2 Å². The van der Waals surface area contributed by atoms with Crippen LogP contribution in [-0.4, -0.2) is 144 Å². The van der Waals surface area contributed by atoms with Crippen LogP contribution in [0.3, 0.4) is 0 Å². The highest BCUT2D eigenvalue weighted by atomic mass is 35.5. The van der Waals surface area contributed by atoms with Crippen molar-refractivity contribution < 1.29 is 85.8 Å². The molecule has 26 heteroatoms. The van der Waals surface area contributed by atoms with E-state index in [-0.39, 0.29) is 186 Å². The Morgan fingerprint density at radius 3 is 0.731 bits per heavy atom. The van der Waals surface area contributed by atoms with Crippen LogP contribution in [0.4, 0.5) is 0 Å². The van der Waals surface area contributed by atoms with Crippen molar-refractivity contribution in [2.75, 3.05) is 52.6 Å². The van der Waals surface area contributed by atoms with Crippen LogP contribution in [0.15, 0.2) is 170 Å². The Kier molecular flexibility index (Phi) is 23.4. The van der Waals surface area contributed by atoms with Crippen LogP contribution >= 0.6 is 46.4 Å². The summed E-state index contributed by atoms with van der Waals surface area (Å²) in [6, 6.07) is 27.4. The number of rotatable bonds is 30.